The number of halogens is 2. The van der Waals surface area contributed by atoms with Crippen molar-refractivity contribution in [3.63, 3.8) is 0 Å². The minimum Gasteiger partial charge on any atom is -0.495 e. The fourth-order valence-corrected chi connectivity index (χ4v) is 6.30. The first kappa shape index (κ1) is 30.2. The molecule has 0 saturated carbocycles. The van der Waals surface area contributed by atoms with Crippen LogP contribution in [0.2, 0.25) is 10.0 Å². The van der Waals surface area contributed by atoms with Crippen LogP contribution >= 0.6 is 23.2 Å². The van der Waals surface area contributed by atoms with Crippen LogP contribution in [0.15, 0.2) is 12.3 Å². The van der Waals surface area contributed by atoms with Crippen molar-refractivity contribution in [2.45, 2.75) is 57.8 Å². The molecule has 12 nitrogen and oxygen atoms in total. The molecule has 1 N–H and O–H groups in total. The lowest BCUT2D eigenvalue weighted by molar-refractivity contribution is 0.00618. The number of rotatable bonds is 6. The summed E-state index contributed by atoms with van der Waals surface area (Å²) in [5.74, 6) is 1.66. The maximum Gasteiger partial charge on any atom is 0.410 e. The van der Waals surface area contributed by atoms with Crippen molar-refractivity contribution in [1.29, 1.82) is 0 Å². The third-order valence-electron chi connectivity index (χ3n) is 7.77. The molecule has 0 bridgehead atoms. The molecule has 3 aliphatic heterocycles. The van der Waals surface area contributed by atoms with E-state index in [1.54, 1.807) is 29.1 Å². The highest BCUT2D eigenvalue weighted by molar-refractivity contribution is 6.42. The summed E-state index contributed by atoms with van der Waals surface area (Å²) in [6, 6.07) is 1.47. The predicted molar refractivity (Wildman–Crippen MR) is 161 cm³/mol. The molecule has 228 valence electrons. The average Bonchev–Trinajstić information content (AvgIpc) is 2.93. The van der Waals surface area contributed by atoms with E-state index in [2.05, 4.69) is 20.2 Å². The molecule has 0 unspecified atom stereocenters. The predicted octanol–water partition coefficient (Wildman–Crippen LogP) is 4.87. The maximum atomic E-state index is 14.2. The molecule has 1 aromatic carbocycles. The topological polar surface area (TPSA) is 113 Å². The number of fused-ring (bicyclic) bond motifs is 1. The minimum atomic E-state index is -0.523. The third-order valence-corrected chi connectivity index (χ3v) is 8.50. The fourth-order valence-electron chi connectivity index (χ4n) is 5.60. The molecule has 1 aromatic heterocycles. The van der Waals surface area contributed by atoms with Crippen LogP contribution in [0, 0.1) is 0 Å². The number of nitrogens with zero attached hydrogens (tertiary/aromatic N) is 6. The summed E-state index contributed by atoms with van der Waals surface area (Å²) in [7, 11) is 4.72. The molecule has 0 spiro atoms. The van der Waals surface area contributed by atoms with E-state index in [-0.39, 0.29) is 34.8 Å². The molecule has 0 aliphatic carbocycles. The second-order valence-electron chi connectivity index (χ2n) is 11.6. The summed E-state index contributed by atoms with van der Waals surface area (Å²) in [5.41, 5.74) is 0.538. The van der Waals surface area contributed by atoms with E-state index in [4.69, 9.17) is 37.4 Å². The largest absolute Gasteiger partial charge is 0.495 e. The Labute approximate surface area is 255 Å². The van der Waals surface area contributed by atoms with Crippen molar-refractivity contribution in [3.8, 4) is 11.5 Å². The number of hydrogen-bond acceptors (Lipinski definition) is 9. The van der Waals surface area contributed by atoms with Crippen molar-refractivity contribution >= 4 is 52.8 Å². The summed E-state index contributed by atoms with van der Waals surface area (Å²) >= 11 is 13.4. The van der Waals surface area contributed by atoms with E-state index >= 15 is 0 Å². The molecule has 2 saturated heterocycles. The quantitative estimate of drug-likeness (QED) is 0.482. The van der Waals surface area contributed by atoms with Crippen LogP contribution in [0.1, 0.15) is 39.2 Å². The van der Waals surface area contributed by atoms with Gasteiger partial charge in [-0.2, -0.15) is 4.98 Å². The molecule has 2 fully saturated rings. The number of amides is 3. The normalized spacial score (nSPS) is 18.5. The highest BCUT2D eigenvalue weighted by Crippen LogP contribution is 2.48. The van der Waals surface area contributed by atoms with E-state index in [1.165, 1.54) is 19.1 Å². The molecular formula is C28H37Cl2N7O5. The van der Waals surface area contributed by atoms with Crippen LogP contribution in [-0.2, 0) is 11.3 Å². The number of carbonyl (C=O) groups is 2. The van der Waals surface area contributed by atoms with E-state index < -0.39 is 5.60 Å². The van der Waals surface area contributed by atoms with Crippen molar-refractivity contribution in [2.24, 2.45) is 0 Å². The molecule has 0 atom stereocenters. The van der Waals surface area contributed by atoms with Crippen LogP contribution in [0.3, 0.4) is 0 Å². The number of methoxy groups -OCH3 is 2. The van der Waals surface area contributed by atoms with Gasteiger partial charge in [-0.25, -0.2) is 14.6 Å². The first-order chi connectivity index (χ1) is 19.9. The Morgan fingerprint density at radius 1 is 1.05 bits per heavy atom. The Kier molecular flexibility index (Phi) is 8.51. The monoisotopic (exact) mass is 621 g/mol. The second kappa shape index (κ2) is 11.8. The molecule has 2 aromatic rings. The number of anilines is 3. The molecule has 42 heavy (non-hydrogen) atoms. The van der Waals surface area contributed by atoms with E-state index in [0.29, 0.717) is 61.2 Å². The second-order valence-corrected chi connectivity index (χ2v) is 12.4. The summed E-state index contributed by atoms with van der Waals surface area (Å²) in [5, 5.41) is 3.38. The smallest absolute Gasteiger partial charge is 0.410 e. The highest BCUT2D eigenvalue weighted by Gasteiger charge is 2.45. The lowest BCUT2D eigenvalue weighted by atomic mass is 9.96. The fraction of sp³-hybridized carbons (Fsp3) is 0.571. The van der Waals surface area contributed by atoms with Gasteiger partial charge in [0.05, 0.1) is 32.5 Å². The number of nitrogens with one attached hydrogen (secondary N) is 1. The Bertz CT molecular complexity index is 1330. The SMILES string of the molecule is CNc1ncc2c(n1)N(C1CN(C3CCN(C(=O)OC(C)(C)C)CC3)C1)C(=O)N(c1c(Cl)c(OC)cc(OC)c1Cl)C2. The van der Waals surface area contributed by atoms with Crippen molar-refractivity contribution in [2.75, 3.05) is 62.6 Å². The van der Waals surface area contributed by atoms with E-state index in [9.17, 15) is 9.59 Å². The number of benzene rings is 1. The van der Waals surface area contributed by atoms with Gasteiger partial charge in [0, 0.05) is 57.1 Å². The number of urea groups is 1. The summed E-state index contributed by atoms with van der Waals surface area (Å²) in [6.07, 6.45) is 3.11. The third kappa shape index (κ3) is 5.71. The van der Waals surface area contributed by atoms with Crippen molar-refractivity contribution < 1.29 is 23.8 Å². The van der Waals surface area contributed by atoms with Gasteiger partial charge in [-0.3, -0.25) is 14.7 Å². The first-order valence-corrected chi connectivity index (χ1v) is 14.7. The average molecular weight is 623 g/mol. The Morgan fingerprint density at radius 3 is 2.21 bits per heavy atom. The van der Waals surface area contributed by atoms with Gasteiger partial charge in [-0.15, -0.1) is 0 Å². The van der Waals surface area contributed by atoms with Crippen LogP contribution in [0.25, 0.3) is 0 Å². The number of ether oxygens (including phenoxy) is 3. The first-order valence-electron chi connectivity index (χ1n) is 13.9. The molecule has 3 aliphatic rings. The number of hydrogen-bond donors (Lipinski definition) is 1. The minimum absolute atomic E-state index is 0.132. The van der Waals surface area contributed by atoms with Crippen LogP contribution < -0.4 is 24.6 Å². The molecule has 14 heteroatoms. The van der Waals surface area contributed by atoms with E-state index in [1.807, 2.05) is 20.8 Å². The van der Waals surface area contributed by atoms with Crippen molar-refractivity contribution in [1.82, 2.24) is 19.8 Å². The summed E-state index contributed by atoms with van der Waals surface area (Å²) in [4.78, 5) is 43.2. The maximum absolute atomic E-state index is 14.2. The van der Waals surface area contributed by atoms with Crippen LogP contribution in [-0.4, -0.2) is 97.0 Å². The number of likely N-dealkylation sites (tertiary alicyclic amines) is 2. The molecule has 5 rings (SSSR count). The van der Waals surface area contributed by atoms with E-state index in [0.717, 1.165) is 18.4 Å². The zero-order valence-corrected chi connectivity index (χ0v) is 26.3. The van der Waals surface area contributed by atoms with Gasteiger partial charge in [-0.05, 0) is 33.6 Å². The summed E-state index contributed by atoms with van der Waals surface area (Å²) < 4.78 is 16.4. The Hall–Kier alpha value is -3.22. The lowest BCUT2D eigenvalue weighted by Gasteiger charge is -2.51. The molecule has 3 amide bonds. The zero-order valence-electron chi connectivity index (χ0n) is 24.7. The molecule has 0 radical (unpaired) electrons. The van der Waals surface area contributed by atoms with Gasteiger partial charge in [0.15, 0.2) is 0 Å². The van der Waals surface area contributed by atoms with Gasteiger partial charge in [-0.1, -0.05) is 23.2 Å². The van der Waals surface area contributed by atoms with Gasteiger partial charge < -0.3 is 24.4 Å². The van der Waals surface area contributed by atoms with Gasteiger partial charge in [0.25, 0.3) is 0 Å². The zero-order chi connectivity index (χ0) is 30.3. The number of carbonyl (C=O) groups excluding carboxylic acids is 2. The Balaban J connectivity index is 1.37. The summed E-state index contributed by atoms with van der Waals surface area (Å²) in [6.45, 7) is 8.38. The standard InChI is InChI=1S/C28H37Cl2N7O5/c1-28(2,3)42-27(39)34-9-7-17(8-10-34)35-14-18(15-35)37-24-16(12-32-25(31-4)33-24)13-36(26(37)38)23-21(29)19(40-5)11-20(41-6)22(23)30/h11-12,17-18H,7-10,13-15H2,1-6H3,(H,31,32,33). The van der Waals surface area contributed by atoms with Gasteiger partial charge in [0.1, 0.15) is 33.0 Å². The highest BCUT2D eigenvalue weighted by atomic mass is 35.5. The van der Waals surface area contributed by atoms with Crippen molar-refractivity contribution in [3.05, 3.63) is 27.9 Å². The van der Waals surface area contributed by atoms with Crippen LogP contribution in [0.4, 0.5) is 27.0 Å². The number of aromatic nitrogens is 2. The molecular weight excluding hydrogens is 585 g/mol. The molecule has 4 heterocycles. The van der Waals surface area contributed by atoms with Crippen LogP contribution in [0.5, 0.6) is 11.5 Å². The lowest BCUT2D eigenvalue weighted by Crippen LogP contribution is -2.67. The Morgan fingerprint density at radius 2 is 1.67 bits per heavy atom. The number of piperidine rings is 1. The van der Waals surface area contributed by atoms with Gasteiger partial charge >= 0.3 is 12.1 Å². The van der Waals surface area contributed by atoms with Gasteiger partial charge in [0.2, 0.25) is 5.95 Å².